The molecule has 228 valence electrons. The highest BCUT2D eigenvalue weighted by molar-refractivity contribution is 7.99. The highest BCUT2D eigenvalue weighted by Crippen LogP contribution is 2.29. The van der Waals surface area contributed by atoms with Crippen molar-refractivity contribution in [3.63, 3.8) is 0 Å². The minimum atomic E-state index is -1.06. The first-order valence-corrected chi connectivity index (χ1v) is 15.6. The number of halogens is 2. The number of carbonyl (C=O) groups is 2. The molecule has 1 aliphatic heterocycles. The maximum atomic E-state index is 14.1. The molecule has 0 saturated carbocycles. The Morgan fingerprint density at radius 3 is 2.25 bits per heavy atom. The highest BCUT2D eigenvalue weighted by Gasteiger charge is 2.32. The average molecular weight is 634 g/mol. The first-order chi connectivity index (χ1) is 21.2. The lowest BCUT2D eigenvalue weighted by atomic mass is 10.0. The molecule has 1 saturated heterocycles. The SMILES string of the molecule is Cc1cc(C)nc(SCC(=O)N(Cc2ccc(Cl)cc2)C(C(=O)Nc2ccc(N3CCOCC3)cc2)c2ccc(F)cc2)n1. The summed E-state index contributed by atoms with van der Waals surface area (Å²) in [6.45, 7) is 6.80. The summed E-state index contributed by atoms with van der Waals surface area (Å²) in [7, 11) is 0. The molecule has 2 amide bonds. The molecular weight excluding hydrogens is 601 g/mol. The number of benzene rings is 3. The lowest BCUT2D eigenvalue weighted by Crippen LogP contribution is -2.41. The summed E-state index contributed by atoms with van der Waals surface area (Å²) in [6.07, 6.45) is 0. The van der Waals surface area contributed by atoms with Crippen LogP contribution in [0.3, 0.4) is 0 Å². The molecule has 0 radical (unpaired) electrons. The van der Waals surface area contributed by atoms with Crippen molar-refractivity contribution in [2.24, 2.45) is 0 Å². The maximum absolute atomic E-state index is 14.1. The largest absolute Gasteiger partial charge is 0.378 e. The van der Waals surface area contributed by atoms with Crippen molar-refractivity contribution in [1.82, 2.24) is 14.9 Å². The van der Waals surface area contributed by atoms with E-state index in [0.29, 0.717) is 34.6 Å². The topological polar surface area (TPSA) is 87.7 Å². The molecule has 2 heterocycles. The number of thioether (sulfide) groups is 1. The van der Waals surface area contributed by atoms with E-state index < -0.39 is 17.8 Å². The summed E-state index contributed by atoms with van der Waals surface area (Å²) in [6, 6.07) is 21.1. The quantitative estimate of drug-likeness (QED) is 0.164. The summed E-state index contributed by atoms with van der Waals surface area (Å²) in [5.41, 5.74) is 4.47. The van der Waals surface area contributed by atoms with Gasteiger partial charge in [0.05, 0.1) is 19.0 Å². The Hall–Kier alpha value is -3.99. The maximum Gasteiger partial charge on any atom is 0.251 e. The van der Waals surface area contributed by atoms with E-state index >= 15 is 0 Å². The number of nitrogens with one attached hydrogen (secondary N) is 1. The zero-order valence-corrected chi connectivity index (χ0v) is 26.1. The van der Waals surface area contributed by atoms with Gasteiger partial charge >= 0.3 is 0 Å². The number of nitrogens with zero attached hydrogens (tertiary/aromatic N) is 4. The van der Waals surface area contributed by atoms with Crippen LogP contribution in [0.25, 0.3) is 0 Å². The van der Waals surface area contributed by atoms with Crippen molar-refractivity contribution < 1.29 is 18.7 Å². The van der Waals surface area contributed by atoms with Gasteiger partial charge in [0.2, 0.25) is 5.91 Å². The third kappa shape index (κ3) is 8.34. The van der Waals surface area contributed by atoms with Crippen LogP contribution in [0.5, 0.6) is 0 Å². The normalized spacial score (nSPS) is 13.8. The summed E-state index contributed by atoms with van der Waals surface area (Å²) in [4.78, 5) is 40.6. The van der Waals surface area contributed by atoms with Crippen LogP contribution in [0, 0.1) is 19.7 Å². The number of ether oxygens (including phenoxy) is 1. The lowest BCUT2D eigenvalue weighted by molar-refractivity contribution is -0.137. The first kappa shape index (κ1) is 31.4. The minimum absolute atomic E-state index is 0.00426. The molecule has 1 aromatic heterocycles. The van der Waals surface area contributed by atoms with Gasteiger partial charge in [0.15, 0.2) is 5.16 Å². The molecule has 1 unspecified atom stereocenters. The fourth-order valence-electron chi connectivity index (χ4n) is 4.98. The summed E-state index contributed by atoms with van der Waals surface area (Å²) in [5.74, 6) is -1.18. The van der Waals surface area contributed by atoms with E-state index in [2.05, 4.69) is 20.2 Å². The molecule has 1 fully saturated rings. The molecule has 0 aliphatic carbocycles. The molecule has 0 spiro atoms. The van der Waals surface area contributed by atoms with E-state index in [0.717, 1.165) is 35.7 Å². The van der Waals surface area contributed by atoms with Crippen LogP contribution in [0.4, 0.5) is 15.8 Å². The fraction of sp³-hybridized carbons (Fsp3) is 0.273. The number of aryl methyl sites for hydroxylation is 2. The Morgan fingerprint density at radius 2 is 1.61 bits per heavy atom. The van der Waals surface area contributed by atoms with Crippen LogP contribution in [-0.4, -0.2) is 58.7 Å². The molecule has 0 bridgehead atoms. The number of rotatable bonds is 10. The number of hydrogen-bond donors (Lipinski definition) is 1. The number of amides is 2. The van der Waals surface area contributed by atoms with E-state index in [1.165, 1.54) is 40.9 Å². The first-order valence-electron chi connectivity index (χ1n) is 14.2. The van der Waals surface area contributed by atoms with Gasteiger partial charge in [-0.3, -0.25) is 9.59 Å². The zero-order valence-electron chi connectivity index (χ0n) is 24.5. The number of morpholine rings is 1. The Morgan fingerprint density at radius 1 is 0.977 bits per heavy atom. The van der Waals surface area contributed by atoms with Gasteiger partial charge in [-0.05, 0) is 79.6 Å². The monoisotopic (exact) mass is 633 g/mol. The van der Waals surface area contributed by atoms with E-state index in [4.69, 9.17) is 16.3 Å². The summed E-state index contributed by atoms with van der Waals surface area (Å²) < 4.78 is 19.4. The second-order valence-electron chi connectivity index (χ2n) is 10.5. The molecule has 44 heavy (non-hydrogen) atoms. The predicted molar refractivity (Wildman–Crippen MR) is 171 cm³/mol. The van der Waals surface area contributed by atoms with Gasteiger partial charge in [-0.1, -0.05) is 47.6 Å². The van der Waals surface area contributed by atoms with Crippen LogP contribution < -0.4 is 10.2 Å². The smallest absolute Gasteiger partial charge is 0.251 e. The van der Waals surface area contributed by atoms with Crippen LogP contribution in [0.1, 0.15) is 28.6 Å². The highest BCUT2D eigenvalue weighted by atomic mass is 35.5. The van der Waals surface area contributed by atoms with Gasteiger partial charge in [-0.2, -0.15) is 0 Å². The number of anilines is 2. The van der Waals surface area contributed by atoms with E-state index in [1.807, 2.05) is 56.3 Å². The summed E-state index contributed by atoms with van der Waals surface area (Å²) in [5, 5.41) is 4.02. The third-order valence-corrected chi connectivity index (χ3v) is 8.21. The second kappa shape index (κ2) is 14.7. The third-order valence-electron chi connectivity index (χ3n) is 7.13. The summed E-state index contributed by atoms with van der Waals surface area (Å²) >= 11 is 7.33. The lowest BCUT2D eigenvalue weighted by Gasteiger charge is -2.32. The number of hydrogen-bond acceptors (Lipinski definition) is 7. The van der Waals surface area contributed by atoms with Crippen LogP contribution in [0.2, 0.25) is 5.02 Å². The Bertz CT molecular complexity index is 1560. The van der Waals surface area contributed by atoms with Crippen LogP contribution in [-0.2, 0) is 20.9 Å². The van der Waals surface area contributed by atoms with Gasteiger partial charge in [0.25, 0.3) is 5.91 Å². The van der Waals surface area contributed by atoms with Crippen molar-refractivity contribution in [3.05, 3.63) is 112 Å². The molecular formula is C33H33ClFN5O3S. The van der Waals surface area contributed by atoms with Crippen molar-refractivity contribution in [3.8, 4) is 0 Å². The molecule has 8 nitrogen and oxygen atoms in total. The molecule has 1 N–H and O–H groups in total. The molecule has 1 atom stereocenters. The van der Waals surface area contributed by atoms with Gasteiger partial charge in [0, 0.05) is 47.4 Å². The minimum Gasteiger partial charge on any atom is -0.378 e. The number of carbonyl (C=O) groups excluding carboxylic acids is 2. The second-order valence-corrected chi connectivity index (χ2v) is 11.8. The zero-order chi connectivity index (χ0) is 31.1. The Balaban J connectivity index is 1.44. The molecule has 5 rings (SSSR count). The average Bonchev–Trinajstić information content (AvgIpc) is 3.02. The van der Waals surface area contributed by atoms with Crippen molar-refractivity contribution in [2.45, 2.75) is 31.6 Å². The fourth-order valence-corrected chi connectivity index (χ4v) is 5.94. The molecule has 1 aliphatic rings. The molecule has 3 aromatic carbocycles. The van der Waals surface area contributed by atoms with Crippen molar-refractivity contribution in [1.29, 1.82) is 0 Å². The van der Waals surface area contributed by atoms with Gasteiger partial charge < -0.3 is 19.9 Å². The van der Waals surface area contributed by atoms with E-state index in [9.17, 15) is 14.0 Å². The molecule has 11 heteroatoms. The van der Waals surface area contributed by atoms with Crippen molar-refractivity contribution in [2.75, 3.05) is 42.3 Å². The number of aromatic nitrogens is 2. The van der Waals surface area contributed by atoms with Crippen LogP contribution in [0.15, 0.2) is 84.0 Å². The predicted octanol–water partition coefficient (Wildman–Crippen LogP) is 6.22. The van der Waals surface area contributed by atoms with E-state index in [1.54, 1.807) is 12.1 Å². The van der Waals surface area contributed by atoms with Crippen molar-refractivity contribution >= 4 is 46.6 Å². The standard InChI is InChI=1S/C33H33ClFN5O3S/c1-22-19-23(2)37-33(36-22)44-21-30(41)40(20-24-3-7-26(34)8-4-24)31(25-5-9-27(35)10-6-25)32(42)38-28-11-13-29(14-12-28)39-15-17-43-18-16-39/h3-14,19,31H,15-18,20-21H2,1-2H3,(H,38,42). The van der Waals surface area contributed by atoms with Gasteiger partial charge in [-0.25, -0.2) is 14.4 Å². The van der Waals surface area contributed by atoms with Crippen LogP contribution >= 0.6 is 23.4 Å². The van der Waals surface area contributed by atoms with E-state index in [-0.39, 0.29) is 18.2 Å². The Kier molecular flexibility index (Phi) is 10.5. The van der Waals surface area contributed by atoms with Gasteiger partial charge in [0.1, 0.15) is 11.9 Å². The molecule has 4 aromatic rings. The Labute approximate surface area is 265 Å². The van der Waals surface area contributed by atoms with Gasteiger partial charge in [-0.15, -0.1) is 0 Å².